The molecule has 3 saturated heterocycles. The van der Waals surface area contributed by atoms with Gasteiger partial charge in [-0.3, -0.25) is 0 Å². The molecule has 0 radical (unpaired) electrons. The van der Waals surface area contributed by atoms with Gasteiger partial charge in [0, 0.05) is 6.42 Å². The van der Waals surface area contributed by atoms with Gasteiger partial charge in [-0.15, -0.1) is 0 Å². The van der Waals surface area contributed by atoms with Crippen LogP contribution in [0.5, 0.6) is 0 Å². The van der Waals surface area contributed by atoms with Crippen molar-refractivity contribution >= 4 is 0 Å². The highest BCUT2D eigenvalue weighted by molar-refractivity contribution is 5.04. The molecule has 0 aromatic carbocycles. The lowest BCUT2D eigenvalue weighted by atomic mass is 9.85. The molecule has 0 aromatic heterocycles. The van der Waals surface area contributed by atoms with Gasteiger partial charge in [-0.25, -0.2) is 0 Å². The number of hydrogen-bond donors (Lipinski definition) is 1. The molecule has 3 heterocycles. The Kier molecular flexibility index (Phi) is 2.70. The van der Waals surface area contributed by atoms with Gasteiger partial charge in [-0.2, -0.15) is 0 Å². The first-order valence-electron chi connectivity index (χ1n) is 6.36. The smallest absolute Gasteiger partial charge is 0.181 e. The Morgan fingerprint density at radius 3 is 3.06 bits per heavy atom. The highest BCUT2D eigenvalue weighted by Gasteiger charge is 2.58. The molecule has 1 unspecified atom stereocenters. The third kappa shape index (κ3) is 1.59. The van der Waals surface area contributed by atoms with Crippen LogP contribution in [0.25, 0.3) is 0 Å². The van der Waals surface area contributed by atoms with Gasteiger partial charge in [0.05, 0.1) is 18.8 Å². The molecule has 3 aliphatic heterocycles. The average Bonchev–Trinajstić information content (AvgIpc) is 2.59. The Morgan fingerprint density at radius 2 is 2.25 bits per heavy atom. The van der Waals surface area contributed by atoms with Crippen LogP contribution in [0, 0.1) is 0 Å². The molecule has 0 aliphatic carbocycles. The molecule has 0 aromatic rings. The monoisotopic (exact) mass is 228 g/mol. The van der Waals surface area contributed by atoms with Gasteiger partial charge >= 0.3 is 0 Å². The van der Waals surface area contributed by atoms with E-state index >= 15 is 0 Å². The molecular formula is C12H20O4. The van der Waals surface area contributed by atoms with Gasteiger partial charge < -0.3 is 19.3 Å². The van der Waals surface area contributed by atoms with Crippen LogP contribution in [0.4, 0.5) is 0 Å². The predicted molar refractivity (Wildman–Crippen MR) is 57.0 cm³/mol. The standard InChI is InChI=1S/C12H20O4/c1-2-3-8-4-5-10-12(16-8)6-9(15-10)11(13)14-7-12/h8-11,13H,2-7H2,1H3/t8-,9+,10-,11?,12+/m0/s1. The molecule has 92 valence electrons. The molecule has 2 bridgehead atoms. The third-order valence-corrected chi connectivity index (χ3v) is 4.05. The van der Waals surface area contributed by atoms with Gasteiger partial charge in [0.15, 0.2) is 6.29 Å². The van der Waals surface area contributed by atoms with Gasteiger partial charge in [0.25, 0.3) is 0 Å². The average molecular weight is 228 g/mol. The lowest BCUT2D eigenvalue weighted by Crippen LogP contribution is -2.53. The summed E-state index contributed by atoms with van der Waals surface area (Å²) in [5, 5.41) is 9.61. The number of fused-ring (bicyclic) bond motifs is 1. The summed E-state index contributed by atoms with van der Waals surface area (Å²) in [6, 6.07) is 0. The van der Waals surface area contributed by atoms with Crippen molar-refractivity contribution in [3.05, 3.63) is 0 Å². The number of rotatable bonds is 2. The van der Waals surface area contributed by atoms with Crippen molar-refractivity contribution in [3.8, 4) is 0 Å². The summed E-state index contributed by atoms with van der Waals surface area (Å²) >= 11 is 0. The van der Waals surface area contributed by atoms with E-state index in [1.54, 1.807) is 0 Å². The van der Waals surface area contributed by atoms with E-state index in [-0.39, 0.29) is 17.8 Å². The Balaban J connectivity index is 1.74. The Hall–Kier alpha value is -0.160. The van der Waals surface area contributed by atoms with Crippen molar-refractivity contribution in [1.82, 2.24) is 0 Å². The summed E-state index contributed by atoms with van der Waals surface area (Å²) in [5.74, 6) is 0. The lowest BCUT2D eigenvalue weighted by Gasteiger charge is -2.42. The van der Waals surface area contributed by atoms with Crippen molar-refractivity contribution in [2.24, 2.45) is 0 Å². The van der Waals surface area contributed by atoms with Crippen molar-refractivity contribution in [2.45, 2.75) is 69.2 Å². The van der Waals surface area contributed by atoms with E-state index in [0.29, 0.717) is 12.7 Å². The second-order valence-corrected chi connectivity index (χ2v) is 5.24. The van der Waals surface area contributed by atoms with Crippen molar-refractivity contribution < 1.29 is 19.3 Å². The summed E-state index contributed by atoms with van der Waals surface area (Å²) in [6.07, 6.45) is 4.70. The normalized spacial score (nSPS) is 51.4. The fraction of sp³-hybridized carbons (Fsp3) is 1.00. The van der Waals surface area contributed by atoms with Crippen LogP contribution in [0.1, 0.15) is 39.0 Å². The zero-order valence-electron chi connectivity index (χ0n) is 9.72. The predicted octanol–water partition coefficient (Wildman–Crippen LogP) is 1.21. The first kappa shape index (κ1) is 11.0. The first-order valence-corrected chi connectivity index (χ1v) is 6.36. The second kappa shape index (κ2) is 3.95. The number of ether oxygens (including phenoxy) is 3. The highest BCUT2D eigenvalue weighted by Crippen LogP contribution is 2.46. The van der Waals surface area contributed by atoms with Crippen molar-refractivity contribution in [1.29, 1.82) is 0 Å². The van der Waals surface area contributed by atoms with Crippen LogP contribution in [0.15, 0.2) is 0 Å². The summed E-state index contributed by atoms with van der Waals surface area (Å²) in [4.78, 5) is 0. The third-order valence-electron chi connectivity index (χ3n) is 4.05. The molecule has 4 heteroatoms. The van der Waals surface area contributed by atoms with E-state index in [4.69, 9.17) is 14.2 Å². The van der Waals surface area contributed by atoms with E-state index in [1.807, 2.05) is 0 Å². The van der Waals surface area contributed by atoms with Gasteiger partial charge in [-0.05, 0) is 19.3 Å². The molecule has 1 N–H and O–H groups in total. The van der Waals surface area contributed by atoms with Crippen LogP contribution < -0.4 is 0 Å². The van der Waals surface area contributed by atoms with Crippen LogP contribution in [-0.4, -0.2) is 41.9 Å². The molecular weight excluding hydrogens is 208 g/mol. The quantitative estimate of drug-likeness (QED) is 0.771. The summed E-state index contributed by atoms with van der Waals surface area (Å²) in [5.41, 5.74) is -0.262. The summed E-state index contributed by atoms with van der Waals surface area (Å²) in [6.45, 7) is 2.66. The number of hydrogen-bond acceptors (Lipinski definition) is 4. The summed E-state index contributed by atoms with van der Waals surface area (Å²) < 4.78 is 17.4. The molecule has 1 spiro atoms. The van der Waals surface area contributed by atoms with Gasteiger partial charge in [-0.1, -0.05) is 13.3 Å². The van der Waals surface area contributed by atoms with Crippen molar-refractivity contribution in [2.75, 3.05) is 6.61 Å². The van der Waals surface area contributed by atoms with Crippen molar-refractivity contribution in [3.63, 3.8) is 0 Å². The van der Waals surface area contributed by atoms with Crippen LogP contribution >= 0.6 is 0 Å². The molecule has 4 nitrogen and oxygen atoms in total. The largest absolute Gasteiger partial charge is 0.367 e. The molecule has 0 amide bonds. The number of aliphatic hydroxyl groups excluding tert-OH is 1. The maximum absolute atomic E-state index is 9.61. The molecule has 5 atom stereocenters. The maximum atomic E-state index is 9.61. The fourth-order valence-corrected chi connectivity index (χ4v) is 3.25. The van der Waals surface area contributed by atoms with Gasteiger partial charge in [0.1, 0.15) is 11.7 Å². The highest BCUT2D eigenvalue weighted by atomic mass is 16.7. The molecule has 0 saturated carbocycles. The minimum atomic E-state index is -0.760. The van der Waals surface area contributed by atoms with E-state index in [9.17, 15) is 5.11 Å². The first-order chi connectivity index (χ1) is 7.73. The van der Waals surface area contributed by atoms with E-state index in [1.165, 1.54) is 0 Å². The Labute approximate surface area is 95.9 Å². The zero-order chi connectivity index (χ0) is 11.2. The SMILES string of the molecule is CCC[C@H]1CC[C@@H]2O[C@@H]3C[C@]2(COC3O)O1. The molecule has 16 heavy (non-hydrogen) atoms. The van der Waals surface area contributed by atoms with E-state index in [0.717, 1.165) is 32.1 Å². The van der Waals surface area contributed by atoms with E-state index < -0.39 is 6.29 Å². The summed E-state index contributed by atoms with van der Waals surface area (Å²) in [7, 11) is 0. The van der Waals surface area contributed by atoms with Crippen LogP contribution in [0.2, 0.25) is 0 Å². The van der Waals surface area contributed by atoms with Crippen LogP contribution in [0.3, 0.4) is 0 Å². The molecule has 3 rings (SSSR count). The molecule has 3 aliphatic rings. The fourth-order valence-electron chi connectivity index (χ4n) is 3.25. The Morgan fingerprint density at radius 1 is 1.38 bits per heavy atom. The lowest BCUT2D eigenvalue weighted by molar-refractivity contribution is -0.222. The molecule has 3 fully saturated rings. The number of aliphatic hydroxyl groups is 1. The minimum Gasteiger partial charge on any atom is -0.367 e. The maximum Gasteiger partial charge on any atom is 0.181 e. The minimum absolute atomic E-state index is 0.128. The Bertz CT molecular complexity index is 270. The van der Waals surface area contributed by atoms with Crippen LogP contribution in [-0.2, 0) is 14.2 Å². The topological polar surface area (TPSA) is 47.9 Å². The zero-order valence-corrected chi connectivity index (χ0v) is 9.72. The van der Waals surface area contributed by atoms with Gasteiger partial charge in [0.2, 0.25) is 0 Å². The second-order valence-electron chi connectivity index (χ2n) is 5.24. The van der Waals surface area contributed by atoms with E-state index in [2.05, 4.69) is 6.92 Å².